The van der Waals surface area contributed by atoms with Crippen molar-refractivity contribution in [1.82, 2.24) is 10.2 Å². The van der Waals surface area contributed by atoms with Crippen LogP contribution in [-0.2, 0) is 9.59 Å². The lowest BCUT2D eigenvalue weighted by atomic mass is 9.95. The van der Waals surface area contributed by atoms with Gasteiger partial charge in [0.2, 0.25) is 5.13 Å². The molecule has 168 valence electrons. The fraction of sp³-hybridized carbons (Fsp3) is 0.182. The van der Waals surface area contributed by atoms with Gasteiger partial charge in [0.15, 0.2) is 0 Å². The zero-order chi connectivity index (χ0) is 23.7. The minimum atomic E-state index is -1.04. The Hall–Kier alpha value is -4.12. The Kier molecular flexibility index (Phi) is 5.88. The number of rotatable bonds is 6. The third-order valence-corrected chi connectivity index (χ3v) is 5.86. The number of hydrogen-bond acceptors (Lipinski definition) is 9. The molecule has 11 heteroatoms. The van der Waals surface area contributed by atoms with Crippen molar-refractivity contribution in [1.29, 1.82) is 0 Å². The van der Waals surface area contributed by atoms with Gasteiger partial charge in [-0.15, -0.1) is 10.2 Å². The van der Waals surface area contributed by atoms with Crippen LogP contribution in [0.2, 0.25) is 0 Å². The van der Waals surface area contributed by atoms with E-state index in [1.165, 1.54) is 24.3 Å². The van der Waals surface area contributed by atoms with Crippen molar-refractivity contribution in [3.63, 3.8) is 0 Å². The van der Waals surface area contributed by atoms with E-state index in [4.69, 9.17) is 4.74 Å². The maximum atomic E-state index is 13.1. The molecule has 1 fully saturated rings. The molecular formula is C22H18N4O6S. The molecule has 2 aromatic carbocycles. The quantitative estimate of drug-likeness (QED) is 0.191. The van der Waals surface area contributed by atoms with E-state index in [-0.39, 0.29) is 22.2 Å². The third kappa shape index (κ3) is 4.05. The topological polar surface area (TPSA) is 136 Å². The van der Waals surface area contributed by atoms with E-state index in [1.807, 2.05) is 6.92 Å². The van der Waals surface area contributed by atoms with E-state index < -0.39 is 22.7 Å². The summed E-state index contributed by atoms with van der Waals surface area (Å²) < 4.78 is 5.41. The number of nitro groups is 1. The molecular weight excluding hydrogens is 448 g/mol. The van der Waals surface area contributed by atoms with Crippen molar-refractivity contribution in [2.75, 3.05) is 11.5 Å². The van der Waals surface area contributed by atoms with E-state index in [1.54, 1.807) is 31.2 Å². The van der Waals surface area contributed by atoms with Crippen molar-refractivity contribution in [2.24, 2.45) is 0 Å². The van der Waals surface area contributed by atoms with Gasteiger partial charge in [-0.2, -0.15) is 0 Å². The number of ether oxygens (including phenoxy) is 1. The van der Waals surface area contributed by atoms with E-state index in [9.17, 15) is 24.8 Å². The summed E-state index contributed by atoms with van der Waals surface area (Å²) in [6.45, 7) is 4.02. The largest absolute Gasteiger partial charge is 0.507 e. The molecule has 10 nitrogen and oxygen atoms in total. The number of benzene rings is 2. The molecule has 3 aromatic rings. The van der Waals surface area contributed by atoms with Gasteiger partial charge < -0.3 is 9.84 Å². The number of nitro benzene ring substituents is 1. The van der Waals surface area contributed by atoms with Gasteiger partial charge in [0.05, 0.1) is 23.1 Å². The number of Topliss-reactive ketones (excluding diaryl/α,β-unsaturated/α-hetero) is 1. The van der Waals surface area contributed by atoms with Gasteiger partial charge in [-0.1, -0.05) is 11.3 Å². The first-order valence-electron chi connectivity index (χ1n) is 9.90. The van der Waals surface area contributed by atoms with Crippen LogP contribution in [0.4, 0.5) is 10.8 Å². The Morgan fingerprint density at radius 3 is 2.36 bits per heavy atom. The summed E-state index contributed by atoms with van der Waals surface area (Å²) in [5.41, 5.74) is 0.428. The molecule has 0 saturated carbocycles. The second-order valence-corrected chi connectivity index (χ2v) is 8.24. The van der Waals surface area contributed by atoms with Crippen molar-refractivity contribution < 1.29 is 24.4 Å². The maximum absolute atomic E-state index is 13.1. The molecule has 1 aliphatic heterocycles. The van der Waals surface area contributed by atoms with E-state index >= 15 is 0 Å². The number of carbonyl (C=O) groups is 2. The second kappa shape index (κ2) is 8.79. The zero-order valence-electron chi connectivity index (χ0n) is 17.6. The Morgan fingerprint density at radius 2 is 1.82 bits per heavy atom. The van der Waals surface area contributed by atoms with Crippen LogP contribution >= 0.6 is 11.3 Å². The van der Waals surface area contributed by atoms with Gasteiger partial charge in [0.25, 0.3) is 11.5 Å². The van der Waals surface area contributed by atoms with Crippen LogP contribution in [0, 0.1) is 17.0 Å². The van der Waals surface area contributed by atoms with Crippen LogP contribution < -0.4 is 9.64 Å². The van der Waals surface area contributed by atoms with Gasteiger partial charge in [-0.05, 0) is 55.8 Å². The van der Waals surface area contributed by atoms with E-state index in [2.05, 4.69) is 10.2 Å². The zero-order valence-corrected chi connectivity index (χ0v) is 18.4. The first kappa shape index (κ1) is 22.1. The predicted octanol–water partition coefficient (Wildman–Crippen LogP) is 3.78. The second-order valence-electron chi connectivity index (χ2n) is 7.08. The summed E-state index contributed by atoms with van der Waals surface area (Å²) in [6.07, 6.45) is 0. The van der Waals surface area contributed by atoms with Crippen LogP contribution in [0.25, 0.3) is 5.76 Å². The Labute approximate surface area is 191 Å². The van der Waals surface area contributed by atoms with Crippen LogP contribution in [0.5, 0.6) is 5.75 Å². The van der Waals surface area contributed by atoms with Crippen molar-refractivity contribution >= 4 is 39.6 Å². The standard InChI is InChI=1S/C22H18N4O6S/c1-3-32-16-10-6-14(7-11-16)19(27)17-18(13-4-8-15(9-5-13)26(30)31)25(21(29)20(17)28)22-24-23-12(2)33-22/h4-11,18,27H,3H2,1-2H3/b19-17+. The van der Waals surface area contributed by atoms with Gasteiger partial charge in [-0.25, -0.2) is 0 Å². The number of aliphatic hydroxyl groups excluding tert-OH is 1. The number of aromatic nitrogens is 2. The molecule has 1 aromatic heterocycles. The Morgan fingerprint density at radius 1 is 1.15 bits per heavy atom. The summed E-state index contributed by atoms with van der Waals surface area (Å²) in [7, 11) is 0. The Balaban J connectivity index is 1.87. The molecule has 33 heavy (non-hydrogen) atoms. The van der Waals surface area contributed by atoms with Crippen molar-refractivity contribution in [2.45, 2.75) is 19.9 Å². The summed E-state index contributed by atoms with van der Waals surface area (Å²) in [5, 5.41) is 30.8. The number of non-ortho nitro benzene ring substituents is 1. The lowest BCUT2D eigenvalue weighted by molar-refractivity contribution is -0.384. The number of hydrogen-bond donors (Lipinski definition) is 1. The monoisotopic (exact) mass is 466 g/mol. The first-order valence-corrected chi connectivity index (χ1v) is 10.7. The van der Waals surface area contributed by atoms with Crippen LogP contribution in [0.1, 0.15) is 29.1 Å². The molecule has 0 aliphatic carbocycles. The highest BCUT2D eigenvalue weighted by Gasteiger charge is 2.48. The van der Waals surface area contributed by atoms with E-state index in [0.29, 0.717) is 28.5 Å². The molecule has 0 radical (unpaired) electrons. The number of carbonyl (C=O) groups excluding carboxylic acids is 2. The number of aliphatic hydroxyl groups is 1. The molecule has 0 spiro atoms. The highest BCUT2D eigenvalue weighted by atomic mass is 32.1. The molecule has 1 unspecified atom stereocenters. The minimum Gasteiger partial charge on any atom is -0.507 e. The highest BCUT2D eigenvalue weighted by molar-refractivity contribution is 7.15. The molecule has 2 heterocycles. The summed E-state index contributed by atoms with van der Waals surface area (Å²) in [6, 6.07) is 10.8. The number of nitrogens with zero attached hydrogens (tertiary/aromatic N) is 4. The molecule has 1 N–H and O–H groups in total. The van der Waals surface area contributed by atoms with Crippen LogP contribution in [-0.4, -0.2) is 38.5 Å². The fourth-order valence-corrected chi connectivity index (χ4v) is 4.25. The number of aryl methyl sites for hydroxylation is 1. The third-order valence-electron chi connectivity index (χ3n) is 5.02. The minimum absolute atomic E-state index is 0.144. The summed E-state index contributed by atoms with van der Waals surface area (Å²) in [5.74, 6) is -1.55. The number of anilines is 1. The van der Waals surface area contributed by atoms with E-state index in [0.717, 1.165) is 16.2 Å². The number of amides is 1. The van der Waals surface area contributed by atoms with Crippen molar-refractivity contribution in [3.05, 3.63) is 80.4 Å². The first-order chi connectivity index (χ1) is 15.8. The molecule has 1 atom stereocenters. The number of ketones is 1. The van der Waals surface area contributed by atoms with Gasteiger partial charge >= 0.3 is 5.91 Å². The summed E-state index contributed by atoms with van der Waals surface area (Å²) in [4.78, 5) is 37.7. The van der Waals surface area contributed by atoms with Crippen molar-refractivity contribution in [3.8, 4) is 5.75 Å². The van der Waals surface area contributed by atoms with Gasteiger partial charge in [-0.3, -0.25) is 24.6 Å². The SMILES string of the molecule is CCOc1ccc(/C(O)=C2\C(=O)C(=O)N(c3nnc(C)s3)C2c2ccc([N+](=O)[O-])cc2)cc1. The lowest BCUT2D eigenvalue weighted by Crippen LogP contribution is -2.29. The summed E-state index contributed by atoms with van der Waals surface area (Å²) >= 11 is 1.12. The normalized spacial score (nSPS) is 17.4. The van der Waals surface area contributed by atoms with Crippen LogP contribution in [0.15, 0.2) is 54.1 Å². The Bertz CT molecular complexity index is 1270. The van der Waals surface area contributed by atoms with Gasteiger partial charge in [0, 0.05) is 17.7 Å². The molecule has 0 bridgehead atoms. The lowest BCUT2D eigenvalue weighted by Gasteiger charge is -2.22. The molecule has 1 aliphatic rings. The smallest absolute Gasteiger partial charge is 0.301 e. The maximum Gasteiger partial charge on any atom is 0.301 e. The van der Waals surface area contributed by atoms with Crippen LogP contribution in [0.3, 0.4) is 0 Å². The average Bonchev–Trinajstić information content (AvgIpc) is 3.34. The molecule has 1 amide bonds. The average molecular weight is 466 g/mol. The molecule has 1 saturated heterocycles. The fourth-order valence-electron chi connectivity index (χ4n) is 3.54. The molecule has 4 rings (SSSR count). The van der Waals surface area contributed by atoms with Gasteiger partial charge in [0.1, 0.15) is 16.5 Å². The predicted molar refractivity (Wildman–Crippen MR) is 120 cm³/mol. The highest BCUT2D eigenvalue weighted by Crippen LogP contribution is 2.43.